The van der Waals surface area contributed by atoms with Crippen LogP contribution in [0.2, 0.25) is 0 Å². The lowest BCUT2D eigenvalue weighted by molar-refractivity contribution is 0.294. The maximum absolute atomic E-state index is 13.5. The summed E-state index contributed by atoms with van der Waals surface area (Å²) in [4.78, 5) is 0. The molecule has 0 aliphatic heterocycles. The highest BCUT2D eigenvalue weighted by atomic mass is 19.1. The van der Waals surface area contributed by atoms with Gasteiger partial charge < -0.3 is 0 Å². The van der Waals surface area contributed by atoms with E-state index in [0.29, 0.717) is 5.92 Å². The molecule has 0 unspecified atom stereocenters. The van der Waals surface area contributed by atoms with Crippen molar-refractivity contribution < 1.29 is 8.78 Å². The molecular formula is C20H21F2N. The minimum atomic E-state index is -0.866. The Morgan fingerprint density at radius 1 is 1.17 bits per heavy atom. The second-order valence-corrected chi connectivity index (χ2v) is 6.12. The molecule has 0 N–H and O–H groups in total. The van der Waals surface area contributed by atoms with Crippen LogP contribution in [0.25, 0.3) is 0 Å². The highest BCUT2D eigenvalue weighted by Gasteiger charge is 2.18. The van der Waals surface area contributed by atoms with E-state index in [1.165, 1.54) is 44.6 Å². The van der Waals surface area contributed by atoms with Crippen molar-refractivity contribution >= 4 is 0 Å². The standard InChI is InChI=1S/C20H21F2N/c1-2-5-15-8-10-16(11-9-15)6-3-4-7-17-12-19(21)18(14-23)20(22)13-17/h3,6,12-13,15-16H,2,5,8-11H2,1H3/b6-3+/t15-,16-. The summed E-state index contributed by atoms with van der Waals surface area (Å²) in [6.45, 7) is 2.23. The number of halogens is 2. The molecule has 0 spiro atoms. The molecule has 120 valence electrons. The van der Waals surface area contributed by atoms with Crippen molar-refractivity contribution in [3.63, 3.8) is 0 Å². The van der Waals surface area contributed by atoms with Crippen molar-refractivity contribution in [1.29, 1.82) is 5.26 Å². The van der Waals surface area contributed by atoms with Gasteiger partial charge in [-0.25, -0.2) is 8.78 Å². The number of rotatable bonds is 3. The van der Waals surface area contributed by atoms with Crippen LogP contribution >= 0.6 is 0 Å². The fraction of sp³-hybridized carbons (Fsp3) is 0.450. The molecule has 0 aromatic heterocycles. The van der Waals surface area contributed by atoms with Gasteiger partial charge >= 0.3 is 0 Å². The lowest BCUT2D eigenvalue weighted by atomic mass is 9.80. The Morgan fingerprint density at radius 2 is 1.83 bits per heavy atom. The van der Waals surface area contributed by atoms with Gasteiger partial charge in [0.2, 0.25) is 0 Å². The Bertz CT molecular complexity index is 642. The fourth-order valence-electron chi connectivity index (χ4n) is 3.14. The van der Waals surface area contributed by atoms with Gasteiger partial charge in [0.15, 0.2) is 0 Å². The third-order valence-corrected chi connectivity index (χ3v) is 4.41. The predicted molar refractivity (Wildman–Crippen MR) is 87.4 cm³/mol. The fourth-order valence-corrected chi connectivity index (χ4v) is 3.14. The molecule has 0 amide bonds. The van der Waals surface area contributed by atoms with Crippen LogP contribution in [0.5, 0.6) is 0 Å². The second-order valence-electron chi connectivity index (χ2n) is 6.12. The summed E-state index contributed by atoms with van der Waals surface area (Å²) < 4.78 is 26.9. The van der Waals surface area contributed by atoms with Crippen LogP contribution in [-0.4, -0.2) is 0 Å². The summed E-state index contributed by atoms with van der Waals surface area (Å²) in [5.74, 6) is 5.26. The Labute approximate surface area is 137 Å². The molecule has 1 aliphatic rings. The average Bonchev–Trinajstić information content (AvgIpc) is 2.53. The van der Waals surface area contributed by atoms with Gasteiger partial charge in [0.05, 0.1) is 0 Å². The highest BCUT2D eigenvalue weighted by molar-refractivity contribution is 5.43. The van der Waals surface area contributed by atoms with Gasteiger partial charge in [-0.3, -0.25) is 0 Å². The number of hydrogen-bond acceptors (Lipinski definition) is 1. The number of nitriles is 1. The van der Waals surface area contributed by atoms with Crippen LogP contribution in [0.15, 0.2) is 24.3 Å². The second kappa shape index (κ2) is 8.49. The first-order valence-electron chi connectivity index (χ1n) is 8.21. The van der Waals surface area contributed by atoms with E-state index in [2.05, 4.69) is 24.8 Å². The molecule has 3 heteroatoms. The maximum Gasteiger partial charge on any atom is 0.145 e. The first-order valence-corrected chi connectivity index (χ1v) is 8.21. The van der Waals surface area contributed by atoms with Crippen LogP contribution in [-0.2, 0) is 0 Å². The molecule has 0 bridgehead atoms. The number of benzene rings is 1. The number of hydrogen-bond donors (Lipinski definition) is 0. The van der Waals surface area contributed by atoms with Crippen LogP contribution in [0.1, 0.15) is 56.6 Å². The van der Waals surface area contributed by atoms with E-state index < -0.39 is 17.2 Å². The lowest BCUT2D eigenvalue weighted by Gasteiger charge is -2.26. The number of allylic oxidation sites excluding steroid dienone is 2. The van der Waals surface area contributed by atoms with E-state index in [1.807, 2.05) is 0 Å². The van der Waals surface area contributed by atoms with Gasteiger partial charge in [0.1, 0.15) is 23.3 Å². The average molecular weight is 313 g/mol. The van der Waals surface area contributed by atoms with E-state index in [1.54, 1.807) is 6.08 Å². The van der Waals surface area contributed by atoms with Crippen molar-refractivity contribution in [2.75, 3.05) is 0 Å². The summed E-state index contributed by atoms with van der Waals surface area (Å²) in [7, 11) is 0. The van der Waals surface area contributed by atoms with E-state index in [0.717, 1.165) is 18.1 Å². The molecule has 1 aromatic carbocycles. The van der Waals surface area contributed by atoms with Gasteiger partial charge in [0.25, 0.3) is 0 Å². The molecule has 1 saturated carbocycles. The molecule has 1 aliphatic carbocycles. The van der Waals surface area contributed by atoms with Crippen LogP contribution in [0.3, 0.4) is 0 Å². The molecule has 0 radical (unpaired) electrons. The Balaban J connectivity index is 1.92. The molecule has 1 nitrogen and oxygen atoms in total. The smallest absolute Gasteiger partial charge is 0.145 e. The van der Waals surface area contributed by atoms with Gasteiger partial charge in [0, 0.05) is 5.56 Å². The molecule has 0 heterocycles. The third kappa shape index (κ3) is 4.93. The molecule has 23 heavy (non-hydrogen) atoms. The highest BCUT2D eigenvalue weighted by Crippen LogP contribution is 2.32. The van der Waals surface area contributed by atoms with Gasteiger partial charge in [-0.1, -0.05) is 37.7 Å². The van der Waals surface area contributed by atoms with Crippen molar-refractivity contribution in [3.8, 4) is 17.9 Å². The first-order chi connectivity index (χ1) is 11.1. The van der Waals surface area contributed by atoms with Gasteiger partial charge in [-0.2, -0.15) is 5.26 Å². The first kappa shape index (κ1) is 17.2. The zero-order chi connectivity index (χ0) is 16.7. The summed E-state index contributed by atoms with van der Waals surface area (Å²) in [5, 5.41) is 8.62. The molecule has 1 fully saturated rings. The molecular weight excluding hydrogens is 292 g/mol. The van der Waals surface area contributed by atoms with E-state index in [-0.39, 0.29) is 5.56 Å². The van der Waals surface area contributed by atoms with Crippen LogP contribution in [0.4, 0.5) is 8.78 Å². The summed E-state index contributed by atoms with van der Waals surface area (Å²) in [5.41, 5.74) is -0.315. The molecule has 0 atom stereocenters. The van der Waals surface area contributed by atoms with E-state index in [9.17, 15) is 8.78 Å². The van der Waals surface area contributed by atoms with E-state index in [4.69, 9.17) is 5.26 Å². The molecule has 1 aromatic rings. The summed E-state index contributed by atoms with van der Waals surface area (Å²) in [6.07, 6.45) is 11.4. The molecule has 0 saturated heterocycles. The van der Waals surface area contributed by atoms with Crippen molar-refractivity contribution in [2.24, 2.45) is 11.8 Å². The zero-order valence-corrected chi connectivity index (χ0v) is 13.4. The van der Waals surface area contributed by atoms with E-state index >= 15 is 0 Å². The normalized spacial score (nSPS) is 20.8. The summed E-state index contributed by atoms with van der Waals surface area (Å²) >= 11 is 0. The van der Waals surface area contributed by atoms with Crippen molar-refractivity contribution in [3.05, 3.63) is 47.0 Å². The monoisotopic (exact) mass is 313 g/mol. The van der Waals surface area contributed by atoms with Gasteiger partial charge in [-0.05, 0) is 55.7 Å². The zero-order valence-electron chi connectivity index (χ0n) is 13.4. The lowest BCUT2D eigenvalue weighted by Crippen LogP contribution is -2.12. The number of nitrogens with zero attached hydrogens (tertiary/aromatic N) is 1. The minimum Gasteiger partial charge on any atom is -0.205 e. The van der Waals surface area contributed by atoms with Crippen molar-refractivity contribution in [2.45, 2.75) is 45.4 Å². The maximum atomic E-state index is 13.5. The Morgan fingerprint density at radius 3 is 2.39 bits per heavy atom. The molecule has 2 rings (SSSR count). The third-order valence-electron chi connectivity index (χ3n) is 4.41. The Kier molecular flexibility index (Phi) is 6.36. The van der Waals surface area contributed by atoms with Gasteiger partial charge in [-0.15, -0.1) is 0 Å². The largest absolute Gasteiger partial charge is 0.205 e. The van der Waals surface area contributed by atoms with Crippen LogP contribution < -0.4 is 0 Å². The SMILES string of the molecule is CCC[C@H]1CC[C@H](/C=C/C#Cc2cc(F)c(C#N)c(F)c2)CC1. The topological polar surface area (TPSA) is 23.8 Å². The van der Waals surface area contributed by atoms with Crippen molar-refractivity contribution in [1.82, 2.24) is 0 Å². The quantitative estimate of drug-likeness (QED) is 0.690. The predicted octanol–water partition coefficient (Wildman–Crippen LogP) is 5.35. The van der Waals surface area contributed by atoms with Crippen LogP contribution in [0, 0.1) is 46.6 Å². The summed E-state index contributed by atoms with van der Waals surface area (Å²) in [6, 6.07) is 3.69. The Hall–Kier alpha value is -2.13. The minimum absolute atomic E-state index is 0.246.